The van der Waals surface area contributed by atoms with Gasteiger partial charge < -0.3 is 15.7 Å². The first kappa shape index (κ1) is 23.9. The molecular weight excluding hydrogens is 490 g/mol. The molecule has 0 saturated carbocycles. The number of hydrogen-bond donors (Lipinski definition) is 3. The average molecular weight is 514 g/mol. The fourth-order valence-corrected chi connectivity index (χ4v) is 4.32. The van der Waals surface area contributed by atoms with Crippen LogP contribution in [0.1, 0.15) is 11.8 Å². The molecule has 1 aromatic carbocycles. The largest absolute Gasteiger partial charge is 0.369 e. The lowest BCUT2D eigenvalue weighted by atomic mass is 10.1. The van der Waals surface area contributed by atoms with E-state index in [0.29, 0.717) is 11.4 Å². The minimum absolute atomic E-state index is 0.230. The number of aliphatic hydroxyl groups is 1. The standard InChI is InChI=1S/C30H23N7O2/c1-36-19-20(17-33-36)27-16-25-26(13-14-31-28(25)18-32-27)34-21-9-11-22(12-10-21)35-29(38)24-8-5-15-37(30(24)39)23-6-3-2-4-7-23/h3,5-19,29,35,38H,1H3,(H,31,34). The molecule has 5 aromatic rings. The Labute approximate surface area is 223 Å². The van der Waals surface area contributed by atoms with Gasteiger partial charge in [0, 0.05) is 59.7 Å². The molecule has 0 radical (unpaired) electrons. The summed E-state index contributed by atoms with van der Waals surface area (Å²) in [5.74, 6) is 0. The summed E-state index contributed by atoms with van der Waals surface area (Å²) in [7, 11) is 1.87. The maximum Gasteiger partial charge on any atom is 0.262 e. The van der Waals surface area contributed by atoms with Gasteiger partial charge in [-0.05, 0) is 60.7 Å². The van der Waals surface area contributed by atoms with Gasteiger partial charge in [0.1, 0.15) is 0 Å². The van der Waals surface area contributed by atoms with Gasteiger partial charge >= 0.3 is 0 Å². The second kappa shape index (κ2) is 10.1. The lowest BCUT2D eigenvalue weighted by Gasteiger charge is -2.16. The molecule has 190 valence electrons. The van der Waals surface area contributed by atoms with E-state index in [1.54, 1.807) is 59.8 Å². The van der Waals surface area contributed by atoms with E-state index < -0.39 is 6.23 Å². The maximum atomic E-state index is 13.0. The number of benzene rings is 1. The van der Waals surface area contributed by atoms with Gasteiger partial charge in [-0.25, -0.2) is 0 Å². The second-order valence-corrected chi connectivity index (χ2v) is 8.93. The molecule has 9 heteroatoms. The number of aryl methyl sites for hydroxylation is 1. The quantitative estimate of drug-likeness (QED) is 0.213. The van der Waals surface area contributed by atoms with Crippen LogP contribution in [0.25, 0.3) is 27.9 Å². The smallest absolute Gasteiger partial charge is 0.262 e. The minimum atomic E-state index is -1.19. The molecule has 0 bridgehead atoms. The Balaban J connectivity index is 1.20. The molecule has 4 heterocycles. The zero-order valence-corrected chi connectivity index (χ0v) is 20.9. The molecule has 3 N–H and O–H groups in total. The van der Waals surface area contributed by atoms with Crippen molar-refractivity contribution in [3.8, 4) is 11.3 Å². The van der Waals surface area contributed by atoms with E-state index in [1.165, 1.54) is 4.57 Å². The Morgan fingerprint density at radius 1 is 1.03 bits per heavy atom. The number of pyridine rings is 3. The summed E-state index contributed by atoms with van der Waals surface area (Å²) in [6.45, 7) is 0. The highest BCUT2D eigenvalue weighted by atomic mass is 16.3. The molecule has 0 saturated heterocycles. The van der Waals surface area contributed by atoms with Crippen molar-refractivity contribution in [3.63, 3.8) is 0 Å². The number of allylic oxidation sites excluding steroid dienone is 4. The third kappa shape index (κ3) is 4.92. The SMILES string of the molecule is Cn1cc(-c2cc3c(Nc4ccc(NC(O)c5cccn(C6=CC=C=C=C6)c5=O)cc4)ccnc3cn2)cn1. The first-order chi connectivity index (χ1) is 19.0. The third-order valence-electron chi connectivity index (χ3n) is 6.29. The van der Waals surface area contributed by atoms with Crippen molar-refractivity contribution in [3.05, 3.63) is 125 Å². The summed E-state index contributed by atoms with van der Waals surface area (Å²) in [5, 5.41) is 22.4. The van der Waals surface area contributed by atoms with Crippen LogP contribution in [0.5, 0.6) is 0 Å². The van der Waals surface area contributed by atoms with Crippen LogP contribution in [-0.2, 0) is 7.05 Å². The van der Waals surface area contributed by atoms with Crippen molar-refractivity contribution in [2.45, 2.75) is 6.23 Å². The predicted octanol–water partition coefficient (Wildman–Crippen LogP) is 4.76. The van der Waals surface area contributed by atoms with Gasteiger partial charge in [-0.2, -0.15) is 5.10 Å². The minimum Gasteiger partial charge on any atom is -0.369 e. The highest BCUT2D eigenvalue weighted by molar-refractivity contribution is 5.94. The Morgan fingerprint density at radius 3 is 2.64 bits per heavy atom. The zero-order chi connectivity index (χ0) is 26.8. The van der Waals surface area contributed by atoms with Crippen LogP contribution in [0.3, 0.4) is 0 Å². The van der Waals surface area contributed by atoms with Crippen LogP contribution in [0.2, 0.25) is 0 Å². The molecule has 9 nitrogen and oxygen atoms in total. The van der Waals surface area contributed by atoms with Crippen LogP contribution in [0, 0.1) is 0 Å². The predicted molar refractivity (Wildman–Crippen MR) is 151 cm³/mol. The van der Waals surface area contributed by atoms with Gasteiger partial charge in [-0.3, -0.25) is 24.0 Å². The molecule has 1 atom stereocenters. The number of fused-ring (bicyclic) bond motifs is 1. The number of anilines is 3. The fourth-order valence-electron chi connectivity index (χ4n) is 4.32. The van der Waals surface area contributed by atoms with E-state index in [0.717, 1.165) is 33.5 Å². The summed E-state index contributed by atoms with van der Waals surface area (Å²) < 4.78 is 3.20. The summed E-state index contributed by atoms with van der Waals surface area (Å²) in [6, 6.07) is 14.7. The van der Waals surface area contributed by atoms with E-state index in [-0.39, 0.29) is 11.1 Å². The first-order valence-electron chi connectivity index (χ1n) is 12.2. The Kier molecular flexibility index (Phi) is 6.21. The summed E-state index contributed by atoms with van der Waals surface area (Å²) in [4.78, 5) is 22.0. The second-order valence-electron chi connectivity index (χ2n) is 8.93. The van der Waals surface area contributed by atoms with Crippen LogP contribution in [-0.4, -0.2) is 29.4 Å². The summed E-state index contributed by atoms with van der Waals surface area (Å²) >= 11 is 0. The summed E-state index contributed by atoms with van der Waals surface area (Å²) in [5.41, 5.74) is 11.1. The van der Waals surface area contributed by atoms with Gasteiger partial charge in [0.25, 0.3) is 5.56 Å². The normalized spacial score (nSPS) is 12.9. The summed E-state index contributed by atoms with van der Waals surface area (Å²) in [6.07, 6.45) is 12.8. The highest BCUT2D eigenvalue weighted by Gasteiger charge is 2.15. The van der Waals surface area contributed by atoms with E-state index >= 15 is 0 Å². The number of aliphatic hydroxyl groups excluding tert-OH is 1. The molecule has 1 aliphatic carbocycles. The highest BCUT2D eigenvalue weighted by Crippen LogP contribution is 2.29. The van der Waals surface area contributed by atoms with E-state index in [2.05, 4.69) is 37.2 Å². The molecule has 0 fully saturated rings. The number of nitrogens with one attached hydrogen (secondary N) is 2. The lowest BCUT2D eigenvalue weighted by Crippen LogP contribution is -2.26. The molecule has 39 heavy (non-hydrogen) atoms. The molecule has 0 spiro atoms. The Hall–Kier alpha value is -5.46. The van der Waals surface area contributed by atoms with Gasteiger partial charge in [0.2, 0.25) is 0 Å². The van der Waals surface area contributed by atoms with Crippen LogP contribution in [0.15, 0.2) is 114 Å². The molecular formula is C30H23N7O2. The van der Waals surface area contributed by atoms with Gasteiger partial charge in [0.15, 0.2) is 6.23 Å². The van der Waals surface area contributed by atoms with Crippen molar-refractivity contribution in [1.29, 1.82) is 0 Å². The molecule has 4 aromatic heterocycles. The van der Waals surface area contributed by atoms with Crippen molar-refractivity contribution in [2.75, 3.05) is 10.6 Å². The van der Waals surface area contributed by atoms with E-state index in [4.69, 9.17) is 0 Å². The third-order valence-corrected chi connectivity index (χ3v) is 6.29. The fraction of sp³-hybridized carbons (Fsp3) is 0.0667. The van der Waals surface area contributed by atoms with E-state index in [9.17, 15) is 9.90 Å². The van der Waals surface area contributed by atoms with Gasteiger partial charge in [-0.15, -0.1) is 0 Å². The first-order valence-corrected chi connectivity index (χ1v) is 12.2. The lowest BCUT2D eigenvalue weighted by molar-refractivity contribution is 0.206. The van der Waals surface area contributed by atoms with Crippen LogP contribution >= 0.6 is 0 Å². The Morgan fingerprint density at radius 2 is 1.87 bits per heavy atom. The van der Waals surface area contributed by atoms with Crippen LogP contribution < -0.4 is 16.2 Å². The van der Waals surface area contributed by atoms with Gasteiger partial charge in [0.05, 0.1) is 34.9 Å². The topological polar surface area (TPSA) is 110 Å². The number of hydrogen-bond acceptors (Lipinski definition) is 7. The number of rotatable bonds is 7. The van der Waals surface area contributed by atoms with Crippen LogP contribution in [0.4, 0.5) is 17.1 Å². The van der Waals surface area contributed by atoms with Gasteiger partial charge in [-0.1, -0.05) is 11.5 Å². The number of nitrogens with zero attached hydrogens (tertiary/aromatic N) is 5. The number of aromatic nitrogens is 5. The molecule has 0 amide bonds. The molecule has 1 unspecified atom stereocenters. The zero-order valence-electron chi connectivity index (χ0n) is 20.9. The van der Waals surface area contributed by atoms with E-state index in [1.807, 2.05) is 49.6 Å². The van der Waals surface area contributed by atoms with Crippen molar-refractivity contribution in [1.82, 2.24) is 24.3 Å². The van der Waals surface area contributed by atoms with Crippen molar-refractivity contribution >= 4 is 33.7 Å². The monoisotopic (exact) mass is 513 g/mol. The maximum absolute atomic E-state index is 13.0. The Bertz CT molecular complexity index is 1890. The molecule has 0 aliphatic heterocycles. The van der Waals surface area contributed by atoms with Crippen molar-refractivity contribution in [2.24, 2.45) is 7.05 Å². The van der Waals surface area contributed by atoms with Crippen molar-refractivity contribution < 1.29 is 5.11 Å². The molecule has 6 rings (SSSR count). The average Bonchev–Trinajstić information content (AvgIpc) is 3.41. The molecule has 1 aliphatic rings.